The predicted molar refractivity (Wildman–Crippen MR) is 97.3 cm³/mol. The van der Waals surface area contributed by atoms with Gasteiger partial charge in [-0.15, -0.1) is 11.8 Å². The quantitative estimate of drug-likeness (QED) is 0.519. The number of hydrogen-bond donors (Lipinski definition) is 1. The maximum Gasteiger partial charge on any atom is 0.0835 e. The molecule has 0 radical (unpaired) electrons. The molecule has 1 atom stereocenters. The Morgan fingerprint density at radius 1 is 1.10 bits per heavy atom. The van der Waals surface area contributed by atoms with Crippen molar-refractivity contribution in [2.75, 3.05) is 11.1 Å². The molecule has 6 heteroatoms. The van der Waals surface area contributed by atoms with E-state index in [4.69, 9.17) is 34.8 Å². The summed E-state index contributed by atoms with van der Waals surface area (Å²) in [4.78, 5) is 1.27. The van der Waals surface area contributed by atoms with Gasteiger partial charge in [0, 0.05) is 20.1 Å². The number of halogens is 4. The first-order valence-corrected chi connectivity index (χ1v) is 9.30. The second-order valence-corrected chi connectivity index (χ2v) is 7.92. The van der Waals surface area contributed by atoms with E-state index in [9.17, 15) is 0 Å². The van der Waals surface area contributed by atoms with Crippen LogP contribution in [0.1, 0.15) is 18.0 Å². The molecule has 2 aromatic rings. The highest BCUT2D eigenvalue weighted by Crippen LogP contribution is 2.42. The summed E-state index contributed by atoms with van der Waals surface area (Å²) in [5.74, 6) is 1.06. The second kappa shape index (κ2) is 6.59. The average molecular weight is 424 g/mol. The Morgan fingerprint density at radius 3 is 2.71 bits per heavy atom. The normalized spacial score (nSPS) is 17.4. The van der Waals surface area contributed by atoms with Crippen molar-refractivity contribution in [3.63, 3.8) is 0 Å². The van der Waals surface area contributed by atoms with Gasteiger partial charge in [-0.1, -0.05) is 34.8 Å². The molecule has 0 amide bonds. The van der Waals surface area contributed by atoms with Gasteiger partial charge in [-0.3, -0.25) is 0 Å². The molecule has 3 rings (SSSR count). The number of fused-ring (bicyclic) bond motifs is 1. The van der Waals surface area contributed by atoms with Crippen LogP contribution >= 0.6 is 62.5 Å². The molecular formula is C15H11BrCl3NS. The van der Waals surface area contributed by atoms with Gasteiger partial charge in [0.1, 0.15) is 0 Å². The Kier molecular flexibility index (Phi) is 4.97. The van der Waals surface area contributed by atoms with Gasteiger partial charge in [-0.05, 0) is 58.2 Å². The van der Waals surface area contributed by atoms with E-state index in [2.05, 4.69) is 27.3 Å². The summed E-state index contributed by atoms with van der Waals surface area (Å²) >= 11 is 23.9. The molecule has 0 aliphatic carbocycles. The molecule has 1 N–H and O–H groups in total. The van der Waals surface area contributed by atoms with Crippen molar-refractivity contribution in [3.05, 3.63) is 55.4 Å². The highest BCUT2D eigenvalue weighted by Gasteiger charge is 2.22. The number of benzene rings is 2. The molecule has 0 bridgehead atoms. The summed E-state index contributed by atoms with van der Waals surface area (Å²) in [6.07, 6.45) is 1.02. The monoisotopic (exact) mass is 421 g/mol. The highest BCUT2D eigenvalue weighted by molar-refractivity contribution is 9.10. The zero-order valence-corrected chi connectivity index (χ0v) is 15.5. The van der Waals surface area contributed by atoms with Gasteiger partial charge in [0.2, 0.25) is 0 Å². The molecule has 0 fully saturated rings. The molecule has 1 aliphatic heterocycles. The van der Waals surface area contributed by atoms with Crippen molar-refractivity contribution in [2.45, 2.75) is 17.4 Å². The lowest BCUT2D eigenvalue weighted by molar-refractivity contribution is 0.729. The number of thioether (sulfide) groups is 1. The second-order valence-electron chi connectivity index (χ2n) is 4.74. The fraction of sp³-hybridized carbons (Fsp3) is 0.200. The summed E-state index contributed by atoms with van der Waals surface area (Å²) in [6, 6.07) is 10.0. The summed E-state index contributed by atoms with van der Waals surface area (Å²) < 4.78 is 0.794. The number of nitrogens with one attached hydrogen (secondary N) is 1. The molecule has 0 aromatic heterocycles. The largest absolute Gasteiger partial charge is 0.377 e. The van der Waals surface area contributed by atoms with E-state index in [-0.39, 0.29) is 6.04 Å². The SMILES string of the molecule is Clc1ccc2c(c1)C(Nc1ccc(Br)c(Cl)c1Cl)CCS2. The third-order valence-electron chi connectivity index (χ3n) is 3.38. The molecule has 110 valence electrons. The fourth-order valence-electron chi connectivity index (χ4n) is 2.34. The third kappa shape index (κ3) is 3.32. The number of rotatable bonds is 2. The molecule has 1 nitrogen and oxygen atoms in total. The van der Waals surface area contributed by atoms with Crippen molar-refractivity contribution in [1.29, 1.82) is 0 Å². The zero-order valence-electron chi connectivity index (χ0n) is 10.8. The van der Waals surface area contributed by atoms with Gasteiger partial charge in [0.25, 0.3) is 0 Å². The van der Waals surface area contributed by atoms with E-state index in [1.807, 2.05) is 36.0 Å². The maximum atomic E-state index is 6.32. The topological polar surface area (TPSA) is 12.0 Å². The van der Waals surface area contributed by atoms with Crippen LogP contribution in [0.15, 0.2) is 39.7 Å². The van der Waals surface area contributed by atoms with Crippen LogP contribution in [0.4, 0.5) is 5.69 Å². The Balaban J connectivity index is 1.94. The van der Waals surface area contributed by atoms with E-state index in [0.29, 0.717) is 10.0 Å². The first-order valence-electron chi connectivity index (χ1n) is 6.38. The van der Waals surface area contributed by atoms with Crippen LogP contribution in [-0.2, 0) is 0 Å². The fourth-order valence-corrected chi connectivity index (χ4v) is 4.46. The highest BCUT2D eigenvalue weighted by atomic mass is 79.9. The molecule has 0 saturated heterocycles. The van der Waals surface area contributed by atoms with Gasteiger partial charge in [-0.25, -0.2) is 0 Å². The molecule has 1 heterocycles. The van der Waals surface area contributed by atoms with E-state index < -0.39 is 0 Å². The van der Waals surface area contributed by atoms with Crippen molar-refractivity contribution in [2.24, 2.45) is 0 Å². The lowest BCUT2D eigenvalue weighted by Crippen LogP contribution is -2.16. The zero-order chi connectivity index (χ0) is 15.0. The van der Waals surface area contributed by atoms with Crippen LogP contribution in [0.25, 0.3) is 0 Å². The summed E-state index contributed by atoms with van der Waals surface area (Å²) in [5.41, 5.74) is 2.06. The lowest BCUT2D eigenvalue weighted by Gasteiger charge is -2.27. The lowest BCUT2D eigenvalue weighted by atomic mass is 10.0. The number of anilines is 1. The van der Waals surface area contributed by atoms with Crippen molar-refractivity contribution in [1.82, 2.24) is 0 Å². The van der Waals surface area contributed by atoms with E-state index >= 15 is 0 Å². The van der Waals surface area contributed by atoms with Gasteiger partial charge < -0.3 is 5.32 Å². The number of hydrogen-bond acceptors (Lipinski definition) is 2. The van der Waals surface area contributed by atoms with E-state index in [1.165, 1.54) is 10.5 Å². The average Bonchev–Trinajstić information content (AvgIpc) is 2.48. The van der Waals surface area contributed by atoms with Gasteiger partial charge in [0.15, 0.2) is 0 Å². The van der Waals surface area contributed by atoms with Crippen LogP contribution in [0.5, 0.6) is 0 Å². The Labute approximate surface area is 151 Å². The first-order chi connectivity index (χ1) is 10.1. The maximum absolute atomic E-state index is 6.32. The summed E-state index contributed by atoms with van der Waals surface area (Å²) in [7, 11) is 0. The van der Waals surface area contributed by atoms with Gasteiger partial charge in [0.05, 0.1) is 21.8 Å². The van der Waals surface area contributed by atoms with Crippen LogP contribution in [0, 0.1) is 0 Å². The standard InChI is InChI=1S/C15H11BrCl3NS/c16-10-2-3-12(15(19)14(10)18)20-11-5-6-21-13-4-1-8(17)7-9(11)13/h1-4,7,11,20H,5-6H2. The van der Waals surface area contributed by atoms with Gasteiger partial charge in [-0.2, -0.15) is 0 Å². The molecule has 2 aromatic carbocycles. The first kappa shape index (κ1) is 15.8. The van der Waals surface area contributed by atoms with E-state index in [0.717, 1.165) is 27.4 Å². The Morgan fingerprint density at radius 2 is 1.90 bits per heavy atom. The van der Waals surface area contributed by atoms with E-state index in [1.54, 1.807) is 0 Å². The Bertz CT molecular complexity index is 693. The van der Waals surface area contributed by atoms with Crippen molar-refractivity contribution in [3.8, 4) is 0 Å². The minimum absolute atomic E-state index is 0.190. The van der Waals surface area contributed by atoms with Crippen LogP contribution < -0.4 is 5.32 Å². The minimum Gasteiger partial charge on any atom is -0.377 e. The Hall–Kier alpha value is -0.0600. The molecule has 0 saturated carbocycles. The molecule has 1 unspecified atom stereocenters. The van der Waals surface area contributed by atoms with Crippen LogP contribution in [-0.4, -0.2) is 5.75 Å². The molecular weight excluding hydrogens is 413 g/mol. The molecule has 1 aliphatic rings. The third-order valence-corrected chi connectivity index (χ3v) is 6.50. The smallest absolute Gasteiger partial charge is 0.0835 e. The van der Waals surface area contributed by atoms with Crippen LogP contribution in [0.3, 0.4) is 0 Å². The molecule has 21 heavy (non-hydrogen) atoms. The minimum atomic E-state index is 0.190. The van der Waals surface area contributed by atoms with Crippen molar-refractivity contribution < 1.29 is 0 Å². The summed E-state index contributed by atoms with van der Waals surface area (Å²) in [5, 5.41) is 5.31. The summed E-state index contributed by atoms with van der Waals surface area (Å²) in [6.45, 7) is 0. The van der Waals surface area contributed by atoms with Crippen LogP contribution in [0.2, 0.25) is 15.1 Å². The molecule has 0 spiro atoms. The predicted octanol–water partition coefficient (Wildman–Crippen LogP) is 7.06. The van der Waals surface area contributed by atoms with Crippen molar-refractivity contribution >= 4 is 68.2 Å². The van der Waals surface area contributed by atoms with Gasteiger partial charge >= 0.3 is 0 Å².